The van der Waals surface area contributed by atoms with Crippen molar-refractivity contribution in [3.05, 3.63) is 35.6 Å². The Morgan fingerprint density at radius 1 is 1.36 bits per heavy atom. The van der Waals surface area contributed by atoms with E-state index in [4.69, 9.17) is 5.73 Å². The molecule has 0 aliphatic heterocycles. The van der Waals surface area contributed by atoms with Crippen LogP contribution in [-0.2, 0) is 0 Å². The molecule has 1 amide bonds. The Labute approximate surface area is 84.4 Å². The second kappa shape index (κ2) is 3.55. The summed E-state index contributed by atoms with van der Waals surface area (Å²) in [5, 5.41) is 0.779. The van der Waals surface area contributed by atoms with Gasteiger partial charge in [0.2, 0.25) is 0 Å². The molecule has 2 rings (SSSR count). The summed E-state index contributed by atoms with van der Waals surface area (Å²) < 4.78 is 0. The second-order valence-electron chi connectivity index (χ2n) is 2.63. The van der Waals surface area contributed by atoms with E-state index in [2.05, 4.69) is 9.97 Å². The van der Waals surface area contributed by atoms with Gasteiger partial charge in [-0.15, -0.1) is 11.3 Å². The number of rotatable bonds is 2. The molecule has 0 unspecified atom stereocenters. The number of carbonyl (C=O) groups excluding carboxylic acids is 1. The zero-order valence-corrected chi connectivity index (χ0v) is 7.99. The number of aromatic nitrogens is 2. The number of pyridine rings is 1. The molecule has 0 aliphatic rings. The van der Waals surface area contributed by atoms with Crippen molar-refractivity contribution in [1.82, 2.24) is 9.97 Å². The van der Waals surface area contributed by atoms with Crippen molar-refractivity contribution >= 4 is 17.2 Å². The van der Waals surface area contributed by atoms with Crippen LogP contribution in [0.5, 0.6) is 0 Å². The summed E-state index contributed by atoms with van der Waals surface area (Å²) in [6.07, 6.45) is 4.85. The van der Waals surface area contributed by atoms with Gasteiger partial charge in [0, 0.05) is 18.0 Å². The van der Waals surface area contributed by atoms with Crippen LogP contribution in [0.2, 0.25) is 0 Å². The van der Waals surface area contributed by atoms with Gasteiger partial charge in [0.1, 0.15) is 9.88 Å². The fourth-order valence-electron chi connectivity index (χ4n) is 1.02. The summed E-state index contributed by atoms with van der Waals surface area (Å²) in [5.74, 6) is -0.442. The lowest BCUT2D eigenvalue weighted by Crippen LogP contribution is -2.08. The van der Waals surface area contributed by atoms with E-state index in [-0.39, 0.29) is 0 Å². The summed E-state index contributed by atoms with van der Waals surface area (Å²) in [6.45, 7) is 0. The van der Waals surface area contributed by atoms with Crippen LogP contribution in [0, 0.1) is 0 Å². The van der Waals surface area contributed by atoms with Gasteiger partial charge in [-0.3, -0.25) is 9.78 Å². The third-order valence-electron chi connectivity index (χ3n) is 1.68. The van der Waals surface area contributed by atoms with Crippen LogP contribution in [0.15, 0.2) is 30.7 Å². The molecule has 0 saturated carbocycles. The predicted molar refractivity (Wildman–Crippen MR) is 53.9 cm³/mol. The van der Waals surface area contributed by atoms with E-state index >= 15 is 0 Å². The van der Waals surface area contributed by atoms with Gasteiger partial charge in [-0.2, -0.15) is 0 Å². The molecule has 2 heterocycles. The Hall–Kier alpha value is -1.75. The number of carbonyl (C=O) groups is 1. The van der Waals surface area contributed by atoms with Crippen LogP contribution >= 0.6 is 11.3 Å². The quantitative estimate of drug-likeness (QED) is 0.803. The Bertz CT molecular complexity index is 452. The first-order valence-corrected chi connectivity index (χ1v) is 4.75. The molecule has 5 heteroatoms. The van der Waals surface area contributed by atoms with E-state index in [0.29, 0.717) is 4.88 Å². The van der Waals surface area contributed by atoms with Gasteiger partial charge in [0.05, 0.1) is 6.20 Å². The fourth-order valence-corrected chi connectivity index (χ4v) is 1.79. The number of hydrogen-bond donors (Lipinski definition) is 1. The number of hydrogen-bond acceptors (Lipinski definition) is 4. The van der Waals surface area contributed by atoms with Crippen molar-refractivity contribution in [1.29, 1.82) is 0 Å². The summed E-state index contributed by atoms with van der Waals surface area (Å²) in [6, 6.07) is 3.67. The normalized spacial score (nSPS) is 10.0. The standard InChI is InChI=1S/C9H7N3OS/c10-8(13)7-5-12-9(14-7)6-1-3-11-4-2-6/h1-5H,(H2,10,13). The Morgan fingerprint density at radius 3 is 2.64 bits per heavy atom. The molecule has 2 aromatic heterocycles. The van der Waals surface area contributed by atoms with Crippen LogP contribution in [-0.4, -0.2) is 15.9 Å². The first kappa shape index (κ1) is 8.83. The zero-order valence-electron chi connectivity index (χ0n) is 7.18. The van der Waals surface area contributed by atoms with Crippen molar-refractivity contribution in [2.24, 2.45) is 5.73 Å². The van der Waals surface area contributed by atoms with Gasteiger partial charge in [0.25, 0.3) is 5.91 Å². The maximum Gasteiger partial charge on any atom is 0.260 e. The number of nitrogens with zero attached hydrogens (tertiary/aromatic N) is 2. The highest BCUT2D eigenvalue weighted by atomic mass is 32.1. The average molecular weight is 205 g/mol. The molecule has 0 spiro atoms. The van der Waals surface area contributed by atoms with Gasteiger partial charge in [-0.25, -0.2) is 4.98 Å². The molecule has 70 valence electrons. The zero-order chi connectivity index (χ0) is 9.97. The van der Waals surface area contributed by atoms with Crippen molar-refractivity contribution in [3.63, 3.8) is 0 Å². The van der Waals surface area contributed by atoms with Crippen molar-refractivity contribution in [3.8, 4) is 10.6 Å². The fraction of sp³-hybridized carbons (Fsp3) is 0. The highest BCUT2D eigenvalue weighted by Gasteiger charge is 2.07. The van der Waals surface area contributed by atoms with E-state index in [0.717, 1.165) is 10.6 Å². The Balaban J connectivity index is 2.39. The molecular weight excluding hydrogens is 198 g/mol. The lowest BCUT2D eigenvalue weighted by molar-refractivity contribution is 0.100. The monoisotopic (exact) mass is 205 g/mol. The molecule has 4 nitrogen and oxygen atoms in total. The van der Waals surface area contributed by atoms with E-state index < -0.39 is 5.91 Å². The lowest BCUT2D eigenvalue weighted by Gasteiger charge is -1.92. The van der Waals surface area contributed by atoms with Crippen LogP contribution in [0.3, 0.4) is 0 Å². The van der Waals surface area contributed by atoms with E-state index in [1.54, 1.807) is 12.4 Å². The van der Waals surface area contributed by atoms with Gasteiger partial charge < -0.3 is 5.73 Å². The molecule has 0 atom stereocenters. The summed E-state index contributed by atoms with van der Waals surface area (Å²) in [5.41, 5.74) is 6.07. The summed E-state index contributed by atoms with van der Waals surface area (Å²) in [7, 11) is 0. The molecule has 14 heavy (non-hydrogen) atoms. The van der Waals surface area contributed by atoms with Gasteiger partial charge >= 0.3 is 0 Å². The number of primary amides is 1. The third-order valence-corrected chi connectivity index (χ3v) is 2.74. The molecule has 2 aromatic rings. The van der Waals surface area contributed by atoms with Crippen LogP contribution in [0.25, 0.3) is 10.6 Å². The highest BCUT2D eigenvalue weighted by molar-refractivity contribution is 7.16. The number of thiazole rings is 1. The van der Waals surface area contributed by atoms with Gasteiger partial charge in [-0.05, 0) is 12.1 Å². The molecular formula is C9H7N3OS. The first-order chi connectivity index (χ1) is 6.77. The molecule has 0 bridgehead atoms. The summed E-state index contributed by atoms with van der Waals surface area (Å²) in [4.78, 5) is 19.3. The molecule has 0 saturated heterocycles. The minimum absolute atomic E-state index is 0.442. The summed E-state index contributed by atoms with van der Waals surface area (Å²) >= 11 is 1.28. The topological polar surface area (TPSA) is 68.9 Å². The van der Waals surface area contributed by atoms with Crippen LogP contribution in [0.4, 0.5) is 0 Å². The van der Waals surface area contributed by atoms with Gasteiger partial charge in [-0.1, -0.05) is 0 Å². The minimum Gasteiger partial charge on any atom is -0.365 e. The maximum atomic E-state index is 10.8. The Morgan fingerprint density at radius 2 is 2.07 bits per heavy atom. The average Bonchev–Trinajstić information content (AvgIpc) is 2.68. The Kier molecular flexibility index (Phi) is 2.24. The minimum atomic E-state index is -0.442. The predicted octanol–water partition coefficient (Wildman–Crippen LogP) is 1.30. The maximum absolute atomic E-state index is 10.8. The smallest absolute Gasteiger partial charge is 0.260 e. The van der Waals surface area contributed by atoms with Crippen LogP contribution in [0.1, 0.15) is 9.67 Å². The lowest BCUT2D eigenvalue weighted by atomic mass is 10.3. The number of amides is 1. The molecule has 0 fully saturated rings. The third kappa shape index (κ3) is 1.62. The largest absolute Gasteiger partial charge is 0.365 e. The van der Waals surface area contributed by atoms with E-state index in [1.165, 1.54) is 17.5 Å². The number of nitrogens with two attached hydrogens (primary N) is 1. The van der Waals surface area contributed by atoms with E-state index in [1.807, 2.05) is 12.1 Å². The van der Waals surface area contributed by atoms with Crippen molar-refractivity contribution < 1.29 is 4.79 Å². The molecule has 0 radical (unpaired) electrons. The van der Waals surface area contributed by atoms with Gasteiger partial charge in [0.15, 0.2) is 0 Å². The SMILES string of the molecule is NC(=O)c1cnc(-c2ccncc2)s1. The first-order valence-electron chi connectivity index (χ1n) is 3.93. The van der Waals surface area contributed by atoms with Crippen molar-refractivity contribution in [2.45, 2.75) is 0 Å². The molecule has 0 aliphatic carbocycles. The van der Waals surface area contributed by atoms with Crippen LogP contribution < -0.4 is 5.73 Å². The second-order valence-corrected chi connectivity index (χ2v) is 3.66. The molecule has 2 N–H and O–H groups in total. The van der Waals surface area contributed by atoms with Crippen molar-refractivity contribution in [2.75, 3.05) is 0 Å². The highest BCUT2D eigenvalue weighted by Crippen LogP contribution is 2.23. The molecule has 0 aromatic carbocycles. The van der Waals surface area contributed by atoms with E-state index in [9.17, 15) is 4.79 Å².